The van der Waals surface area contributed by atoms with Crippen LogP contribution in [0.4, 0.5) is 0 Å². The van der Waals surface area contributed by atoms with Crippen molar-refractivity contribution in [3.8, 4) is 6.07 Å². The smallest absolute Gasteiger partial charge is 0.267 e. The molecule has 0 aliphatic carbocycles. The molecule has 0 saturated heterocycles. The summed E-state index contributed by atoms with van der Waals surface area (Å²) in [6.45, 7) is 0. The predicted octanol–water partition coefficient (Wildman–Crippen LogP) is 1.75. The van der Waals surface area contributed by atoms with Gasteiger partial charge < -0.3 is 0 Å². The van der Waals surface area contributed by atoms with Crippen molar-refractivity contribution in [2.75, 3.05) is 0 Å². The monoisotopic (exact) mass is 225 g/mol. The summed E-state index contributed by atoms with van der Waals surface area (Å²) in [5.41, 5.74) is 0.714. The molecular weight excluding hydrogens is 214 g/mol. The van der Waals surface area contributed by atoms with Crippen LogP contribution in [0, 0.1) is 11.3 Å². The molecule has 1 aromatic carbocycles. The third-order valence-electron chi connectivity index (χ3n) is 2.51. The lowest BCUT2D eigenvalue weighted by Gasteiger charge is -2.15. The average Bonchev–Trinajstić information content (AvgIpc) is 2.38. The first-order chi connectivity index (χ1) is 8.33. The van der Waals surface area contributed by atoms with E-state index in [0.717, 1.165) is 5.56 Å². The third kappa shape index (κ3) is 2.40. The number of hydrogen-bond acceptors (Lipinski definition) is 3. The van der Waals surface area contributed by atoms with E-state index in [9.17, 15) is 4.79 Å². The molecule has 0 spiro atoms. The van der Waals surface area contributed by atoms with Crippen LogP contribution in [0.2, 0.25) is 0 Å². The average molecular weight is 225 g/mol. The molecule has 1 aromatic heterocycles. The Labute approximate surface area is 98.8 Å². The highest BCUT2D eigenvalue weighted by Crippen LogP contribution is 2.18. The normalized spacial score (nSPS) is 11.7. The van der Waals surface area contributed by atoms with Crippen LogP contribution in [-0.4, -0.2) is 9.78 Å². The van der Waals surface area contributed by atoms with Crippen molar-refractivity contribution in [3.05, 3.63) is 64.6 Å². The number of nitrogens with zero attached hydrogens (tertiary/aromatic N) is 3. The molecule has 0 fully saturated rings. The Hall–Kier alpha value is -2.41. The highest BCUT2D eigenvalue weighted by molar-refractivity contribution is 5.20. The van der Waals surface area contributed by atoms with Crippen molar-refractivity contribution >= 4 is 0 Å². The molecule has 0 N–H and O–H groups in total. The van der Waals surface area contributed by atoms with Crippen molar-refractivity contribution in [2.24, 2.45) is 0 Å². The van der Waals surface area contributed by atoms with E-state index < -0.39 is 0 Å². The summed E-state index contributed by atoms with van der Waals surface area (Å²) in [7, 11) is 0. The molecule has 2 aromatic rings. The molecule has 0 amide bonds. The van der Waals surface area contributed by atoms with Gasteiger partial charge in [0.15, 0.2) is 0 Å². The number of nitriles is 1. The van der Waals surface area contributed by atoms with E-state index in [0.29, 0.717) is 0 Å². The Morgan fingerprint density at radius 2 is 2.00 bits per heavy atom. The van der Waals surface area contributed by atoms with Gasteiger partial charge in [0.05, 0.1) is 18.5 Å². The summed E-state index contributed by atoms with van der Waals surface area (Å²) in [6.07, 6.45) is 1.77. The molecule has 0 unspecified atom stereocenters. The largest absolute Gasteiger partial charge is 0.268 e. The van der Waals surface area contributed by atoms with Crippen molar-refractivity contribution < 1.29 is 0 Å². The van der Waals surface area contributed by atoms with Crippen molar-refractivity contribution in [2.45, 2.75) is 12.5 Å². The Bertz CT molecular complexity index is 583. The van der Waals surface area contributed by atoms with Gasteiger partial charge >= 0.3 is 0 Å². The van der Waals surface area contributed by atoms with Gasteiger partial charge in [-0.05, 0) is 11.6 Å². The molecule has 0 aliphatic rings. The zero-order valence-corrected chi connectivity index (χ0v) is 9.15. The summed E-state index contributed by atoms with van der Waals surface area (Å²) in [6, 6.07) is 14.2. The lowest BCUT2D eigenvalue weighted by molar-refractivity contribution is 0.503. The molecular formula is C13H11N3O. The van der Waals surface area contributed by atoms with E-state index in [2.05, 4.69) is 11.2 Å². The van der Waals surface area contributed by atoms with Gasteiger partial charge in [-0.1, -0.05) is 30.3 Å². The molecule has 17 heavy (non-hydrogen) atoms. The van der Waals surface area contributed by atoms with Crippen LogP contribution in [0.5, 0.6) is 0 Å². The zero-order chi connectivity index (χ0) is 12.1. The number of aromatic nitrogens is 2. The topological polar surface area (TPSA) is 58.7 Å². The molecule has 84 valence electrons. The maximum atomic E-state index is 11.7. The molecule has 1 heterocycles. The Kier molecular flexibility index (Phi) is 3.31. The molecule has 4 nitrogen and oxygen atoms in total. The van der Waals surface area contributed by atoms with Crippen LogP contribution in [0.3, 0.4) is 0 Å². The van der Waals surface area contributed by atoms with Gasteiger partial charge in [0, 0.05) is 12.3 Å². The second kappa shape index (κ2) is 5.08. The van der Waals surface area contributed by atoms with Gasteiger partial charge in [0.25, 0.3) is 5.56 Å². The fraction of sp³-hybridized carbons (Fsp3) is 0.154. The fourth-order valence-corrected chi connectivity index (χ4v) is 1.71. The first-order valence-electron chi connectivity index (χ1n) is 5.28. The summed E-state index contributed by atoms with van der Waals surface area (Å²) in [5.74, 6) is 0. The Balaban J connectivity index is 2.48. The SMILES string of the molecule is N#CC[C@@H](c1ccccc1)n1ncccc1=O. The maximum Gasteiger partial charge on any atom is 0.267 e. The molecule has 0 bridgehead atoms. The predicted molar refractivity (Wildman–Crippen MR) is 63.3 cm³/mol. The lowest BCUT2D eigenvalue weighted by atomic mass is 10.0. The minimum absolute atomic E-state index is 0.198. The molecule has 0 radical (unpaired) electrons. The molecule has 1 atom stereocenters. The number of rotatable bonds is 3. The second-order valence-electron chi connectivity index (χ2n) is 3.60. The van der Waals surface area contributed by atoms with Gasteiger partial charge in [-0.15, -0.1) is 0 Å². The summed E-state index contributed by atoms with van der Waals surface area (Å²) >= 11 is 0. The number of hydrogen-bond donors (Lipinski definition) is 0. The van der Waals surface area contributed by atoms with Crippen LogP contribution in [-0.2, 0) is 0 Å². The van der Waals surface area contributed by atoms with E-state index in [-0.39, 0.29) is 18.0 Å². The highest BCUT2D eigenvalue weighted by Gasteiger charge is 2.14. The van der Waals surface area contributed by atoms with E-state index in [1.165, 1.54) is 10.7 Å². The van der Waals surface area contributed by atoms with E-state index in [1.807, 2.05) is 30.3 Å². The molecule has 4 heteroatoms. The zero-order valence-electron chi connectivity index (χ0n) is 9.15. The Morgan fingerprint density at radius 3 is 2.65 bits per heavy atom. The van der Waals surface area contributed by atoms with Gasteiger partial charge in [0.1, 0.15) is 0 Å². The van der Waals surface area contributed by atoms with E-state index >= 15 is 0 Å². The molecule has 2 rings (SSSR count). The summed E-state index contributed by atoms with van der Waals surface area (Å²) < 4.78 is 1.35. The Morgan fingerprint density at radius 1 is 1.24 bits per heavy atom. The summed E-state index contributed by atoms with van der Waals surface area (Å²) in [4.78, 5) is 11.7. The standard InChI is InChI=1S/C13H11N3O/c14-9-8-12(11-5-2-1-3-6-11)16-13(17)7-4-10-15-16/h1-7,10,12H,8H2/t12-/m0/s1. The quantitative estimate of drug-likeness (QED) is 0.799. The van der Waals surface area contributed by atoms with E-state index in [4.69, 9.17) is 5.26 Å². The minimum atomic E-state index is -0.324. The van der Waals surface area contributed by atoms with Gasteiger partial charge in [-0.25, -0.2) is 4.68 Å². The van der Waals surface area contributed by atoms with Crippen LogP contribution in [0.15, 0.2) is 53.5 Å². The number of benzene rings is 1. The van der Waals surface area contributed by atoms with E-state index in [1.54, 1.807) is 12.3 Å². The minimum Gasteiger partial charge on any atom is -0.268 e. The van der Waals surface area contributed by atoms with Crippen LogP contribution < -0.4 is 5.56 Å². The molecule has 0 saturated carbocycles. The van der Waals surface area contributed by atoms with Gasteiger partial charge in [0.2, 0.25) is 0 Å². The lowest BCUT2D eigenvalue weighted by Crippen LogP contribution is -2.26. The van der Waals surface area contributed by atoms with Crippen LogP contribution >= 0.6 is 0 Å². The highest BCUT2D eigenvalue weighted by atomic mass is 16.1. The first-order valence-corrected chi connectivity index (χ1v) is 5.28. The first kappa shape index (κ1) is 11.1. The molecule has 0 aliphatic heterocycles. The van der Waals surface area contributed by atoms with Crippen molar-refractivity contribution in [3.63, 3.8) is 0 Å². The van der Waals surface area contributed by atoms with Gasteiger partial charge in [-0.2, -0.15) is 10.4 Å². The van der Waals surface area contributed by atoms with Crippen LogP contribution in [0.25, 0.3) is 0 Å². The van der Waals surface area contributed by atoms with Crippen LogP contribution in [0.1, 0.15) is 18.0 Å². The second-order valence-corrected chi connectivity index (χ2v) is 3.60. The fourth-order valence-electron chi connectivity index (χ4n) is 1.71. The van der Waals surface area contributed by atoms with Gasteiger partial charge in [-0.3, -0.25) is 4.79 Å². The third-order valence-corrected chi connectivity index (χ3v) is 2.51. The maximum absolute atomic E-state index is 11.7. The summed E-state index contributed by atoms with van der Waals surface area (Å²) in [5, 5.41) is 12.9. The van der Waals surface area contributed by atoms with Crippen molar-refractivity contribution in [1.29, 1.82) is 5.26 Å². The van der Waals surface area contributed by atoms with Crippen molar-refractivity contribution in [1.82, 2.24) is 9.78 Å².